The second kappa shape index (κ2) is 5.84. The number of thioether (sulfide) groups is 1. The number of halogens is 1. The Bertz CT molecular complexity index is 850. The Morgan fingerprint density at radius 1 is 1.09 bits per heavy atom. The topological polar surface area (TPSA) is 8.81 Å². The van der Waals surface area contributed by atoms with Crippen LogP contribution in [0.15, 0.2) is 64.4 Å². The number of rotatable bonds is 2. The molecule has 1 unspecified atom stereocenters. The zero-order valence-corrected chi connectivity index (χ0v) is 15.6. The highest BCUT2D eigenvalue weighted by Crippen LogP contribution is 2.33. The maximum Gasteiger partial charge on any atom is 0.324 e. The molecular weight excluding hydrogens is 368 g/mol. The monoisotopic (exact) mass is 385 g/mol. The average molecular weight is 386 g/mol. The van der Waals surface area contributed by atoms with Crippen LogP contribution in [-0.2, 0) is 0 Å². The number of imidazole rings is 1. The minimum Gasteiger partial charge on any atom is -0.214 e. The first-order valence-corrected chi connectivity index (χ1v) is 9.54. The van der Waals surface area contributed by atoms with E-state index in [1.807, 2.05) is 11.8 Å². The van der Waals surface area contributed by atoms with Gasteiger partial charge in [0.15, 0.2) is 5.69 Å². The van der Waals surface area contributed by atoms with Crippen LogP contribution in [0.25, 0.3) is 16.9 Å². The van der Waals surface area contributed by atoms with Gasteiger partial charge in [0.2, 0.25) is 0 Å². The van der Waals surface area contributed by atoms with Crippen LogP contribution in [0.5, 0.6) is 0 Å². The van der Waals surface area contributed by atoms with Crippen molar-refractivity contribution in [2.45, 2.75) is 25.0 Å². The van der Waals surface area contributed by atoms with E-state index in [0.29, 0.717) is 6.04 Å². The maximum atomic E-state index is 3.52. The fraction of sp³-hybridized carbons (Fsp3) is 0.211. The van der Waals surface area contributed by atoms with Crippen molar-refractivity contribution in [2.24, 2.45) is 0 Å². The average Bonchev–Trinajstić information content (AvgIpc) is 3.11. The molecular formula is C19H18BrN2S+. The Morgan fingerprint density at radius 2 is 1.78 bits per heavy atom. The summed E-state index contributed by atoms with van der Waals surface area (Å²) in [5.41, 5.74) is 5.06. The lowest BCUT2D eigenvalue weighted by atomic mass is 10.1. The van der Waals surface area contributed by atoms with Gasteiger partial charge in [0, 0.05) is 15.8 Å². The second-order valence-corrected chi connectivity index (χ2v) is 7.94. The molecule has 0 spiro atoms. The summed E-state index contributed by atoms with van der Waals surface area (Å²) in [6, 6.07) is 17.8. The van der Waals surface area contributed by atoms with E-state index >= 15 is 0 Å². The standard InChI is InChI=1S/C19H18BrN2S/c1-13-3-9-17(10-4-13)21-11-18(15-5-7-16(20)8-6-15)22-14(2)12-23-19(21)22/h3-11,14H,12H2,1-2H3/q+1. The highest BCUT2D eigenvalue weighted by atomic mass is 79.9. The molecule has 0 bridgehead atoms. The van der Waals surface area contributed by atoms with Crippen molar-refractivity contribution in [3.63, 3.8) is 0 Å². The van der Waals surface area contributed by atoms with Crippen LogP contribution in [0, 0.1) is 6.92 Å². The fourth-order valence-corrected chi connectivity index (χ4v) is 4.54. The highest BCUT2D eigenvalue weighted by Gasteiger charge is 2.35. The van der Waals surface area contributed by atoms with E-state index in [2.05, 4.69) is 93.6 Å². The number of fused-ring (bicyclic) bond motifs is 1. The van der Waals surface area contributed by atoms with Crippen molar-refractivity contribution >= 4 is 27.7 Å². The molecule has 1 atom stereocenters. The van der Waals surface area contributed by atoms with Crippen molar-refractivity contribution in [1.82, 2.24) is 4.57 Å². The molecule has 2 nitrogen and oxygen atoms in total. The highest BCUT2D eigenvalue weighted by molar-refractivity contribution is 9.10. The predicted octanol–water partition coefficient (Wildman–Crippen LogP) is 5.17. The van der Waals surface area contributed by atoms with Crippen molar-refractivity contribution < 1.29 is 4.57 Å². The Labute approximate surface area is 149 Å². The van der Waals surface area contributed by atoms with E-state index in [-0.39, 0.29) is 0 Å². The van der Waals surface area contributed by atoms with Crippen LogP contribution in [0.4, 0.5) is 0 Å². The molecule has 0 N–H and O–H groups in total. The van der Waals surface area contributed by atoms with Crippen LogP contribution in [0.3, 0.4) is 0 Å². The van der Waals surface area contributed by atoms with Crippen LogP contribution in [0.1, 0.15) is 18.5 Å². The van der Waals surface area contributed by atoms with Crippen LogP contribution >= 0.6 is 27.7 Å². The maximum absolute atomic E-state index is 3.52. The van der Waals surface area contributed by atoms with Crippen LogP contribution < -0.4 is 4.57 Å². The number of aryl methyl sites for hydroxylation is 1. The number of aromatic nitrogens is 2. The first kappa shape index (κ1) is 15.0. The van der Waals surface area contributed by atoms with Crippen molar-refractivity contribution in [3.8, 4) is 16.9 Å². The van der Waals surface area contributed by atoms with E-state index in [0.717, 1.165) is 10.2 Å². The largest absolute Gasteiger partial charge is 0.324 e. The van der Waals surface area contributed by atoms with Gasteiger partial charge < -0.3 is 0 Å². The number of hydrogen-bond acceptors (Lipinski definition) is 1. The minimum absolute atomic E-state index is 0.514. The van der Waals surface area contributed by atoms with E-state index in [1.165, 1.54) is 27.7 Å². The summed E-state index contributed by atoms with van der Waals surface area (Å²) in [5, 5.41) is 1.32. The summed E-state index contributed by atoms with van der Waals surface area (Å²) in [4.78, 5) is 0. The van der Waals surface area contributed by atoms with E-state index in [1.54, 1.807) is 0 Å². The molecule has 0 aliphatic carbocycles. The number of nitrogens with zero attached hydrogens (tertiary/aromatic N) is 2. The quantitative estimate of drug-likeness (QED) is 0.552. The molecule has 0 saturated heterocycles. The SMILES string of the molecule is Cc1ccc(-n2cc(-c3ccc(Br)cc3)[n+]3c2SCC3C)cc1. The molecule has 2 aromatic carbocycles. The third-order valence-corrected chi connectivity index (χ3v) is 6.10. The van der Waals surface area contributed by atoms with E-state index in [9.17, 15) is 0 Å². The van der Waals surface area contributed by atoms with Gasteiger partial charge >= 0.3 is 5.16 Å². The third kappa shape index (κ3) is 2.64. The zero-order chi connectivity index (χ0) is 16.0. The smallest absolute Gasteiger partial charge is 0.214 e. The first-order chi connectivity index (χ1) is 11.1. The Balaban J connectivity index is 1.89. The predicted molar refractivity (Wildman–Crippen MR) is 99.3 cm³/mol. The van der Waals surface area contributed by atoms with Crippen molar-refractivity contribution in [1.29, 1.82) is 0 Å². The van der Waals surface area contributed by atoms with Gasteiger partial charge in [-0.3, -0.25) is 0 Å². The summed E-state index contributed by atoms with van der Waals surface area (Å²) in [7, 11) is 0. The molecule has 0 radical (unpaired) electrons. The van der Waals surface area contributed by atoms with E-state index in [4.69, 9.17) is 0 Å². The molecule has 4 heteroatoms. The fourth-order valence-electron chi connectivity index (χ4n) is 3.02. The molecule has 0 amide bonds. The van der Waals surface area contributed by atoms with Gasteiger partial charge in [0.05, 0.1) is 0 Å². The van der Waals surface area contributed by atoms with Crippen LogP contribution in [0.2, 0.25) is 0 Å². The molecule has 4 rings (SSSR count). The summed E-state index contributed by atoms with van der Waals surface area (Å²) >= 11 is 5.46. The molecule has 116 valence electrons. The van der Waals surface area contributed by atoms with Gasteiger partial charge in [-0.05, 0) is 62.0 Å². The van der Waals surface area contributed by atoms with Gasteiger partial charge in [-0.1, -0.05) is 33.6 Å². The second-order valence-electron chi connectivity index (χ2n) is 6.04. The number of hydrogen-bond donors (Lipinski definition) is 0. The lowest BCUT2D eigenvalue weighted by Gasteiger charge is -2.03. The summed E-state index contributed by atoms with van der Waals surface area (Å²) in [6.45, 7) is 4.42. The normalized spacial score (nSPS) is 16.6. The van der Waals surface area contributed by atoms with Gasteiger partial charge in [-0.2, -0.15) is 4.57 Å². The molecule has 23 heavy (non-hydrogen) atoms. The zero-order valence-electron chi connectivity index (χ0n) is 13.2. The molecule has 0 fully saturated rings. The minimum atomic E-state index is 0.514. The Morgan fingerprint density at radius 3 is 2.48 bits per heavy atom. The van der Waals surface area contributed by atoms with Gasteiger partial charge in [-0.25, -0.2) is 4.57 Å². The third-order valence-electron chi connectivity index (χ3n) is 4.27. The molecule has 1 aliphatic rings. The number of benzene rings is 2. The van der Waals surface area contributed by atoms with E-state index < -0.39 is 0 Å². The molecule has 3 aromatic rings. The summed E-state index contributed by atoms with van der Waals surface area (Å²) in [6.07, 6.45) is 2.27. The molecule has 1 aromatic heterocycles. The van der Waals surface area contributed by atoms with Gasteiger partial charge in [-0.15, -0.1) is 0 Å². The van der Waals surface area contributed by atoms with Crippen molar-refractivity contribution in [2.75, 3.05) is 5.75 Å². The van der Waals surface area contributed by atoms with Gasteiger partial charge in [0.1, 0.15) is 17.9 Å². The van der Waals surface area contributed by atoms with Gasteiger partial charge in [0.25, 0.3) is 0 Å². The Hall–Kier alpha value is -1.52. The summed E-state index contributed by atoms with van der Waals surface area (Å²) in [5.74, 6) is 1.13. The summed E-state index contributed by atoms with van der Waals surface area (Å²) < 4.78 is 5.90. The van der Waals surface area contributed by atoms with Crippen LogP contribution in [-0.4, -0.2) is 10.3 Å². The van der Waals surface area contributed by atoms with Crippen molar-refractivity contribution in [3.05, 3.63) is 64.8 Å². The Kier molecular flexibility index (Phi) is 3.82. The molecule has 0 saturated carbocycles. The molecule has 1 aliphatic heterocycles. The first-order valence-electron chi connectivity index (χ1n) is 7.76. The molecule has 2 heterocycles. The lowest BCUT2D eigenvalue weighted by Crippen LogP contribution is -2.37. The lowest BCUT2D eigenvalue weighted by molar-refractivity contribution is -0.734.